The van der Waals surface area contributed by atoms with Gasteiger partial charge in [-0.2, -0.15) is 5.26 Å². The Bertz CT molecular complexity index is 1040. The fraction of sp³-hybridized carbons (Fsp3) is 0.450. The quantitative estimate of drug-likeness (QED) is 0.733. The van der Waals surface area contributed by atoms with Crippen molar-refractivity contribution in [1.29, 1.82) is 5.26 Å². The van der Waals surface area contributed by atoms with Crippen LogP contribution >= 0.6 is 11.6 Å². The molecular weight excluding hydrogens is 360 g/mol. The van der Waals surface area contributed by atoms with E-state index in [1.165, 1.54) is 25.9 Å². The number of hydrogen-bond donors (Lipinski definition) is 1. The van der Waals surface area contributed by atoms with Crippen LogP contribution in [0.4, 0.5) is 5.69 Å². The van der Waals surface area contributed by atoms with Gasteiger partial charge in [0.05, 0.1) is 22.4 Å². The zero-order valence-electron chi connectivity index (χ0n) is 15.1. The molecule has 0 bridgehead atoms. The Balaban J connectivity index is 1.56. The van der Waals surface area contributed by atoms with Crippen molar-refractivity contribution >= 4 is 39.2 Å². The van der Waals surface area contributed by atoms with Gasteiger partial charge in [0.25, 0.3) is 0 Å². The first-order valence-corrected chi connectivity index (χ1v) is 9.97. The monoisotopic (exact) mass is 380 g/mol. The standard InChI is InChI=1S/C20H21ClN6/c21-13-9-15-18-17(25-20(15)24-11-13)12-23-16(10-22)19(18)27-7-3-14(4-8-27)26-5-1-2-6-26/h9,11-12,14H,1-8H2,(H,24,25). The van der Waals surface area contributed by atoms with Crippen LogP contribution in [0.1, 0.15) is 31.4 Å². The van der Waals surface area contributed by atoms with E-state index in [1.54, 1.807) is 12.4 Å². The lowest BCUT2D eigenvalue weighted by molar-refractivity contribution is 0.208. The molecule has 5 rings (SSSR count). The van der Waals surface area contributed by atoms with Crippen LogP contribution in [0.3, 0.4) is 0 Å². The molecule has 138 valence electrons. The van der Waals surface area contributed by atoms with Gasteiger partial charge in [-0.15, -0.1) is 0 Å². The summed E-state index contributed by atoms with van der Waals surface area (Å²) in [6.07, 6.45) is 8.27. The summed E-state index contributed by atoms with van der Waals surface area (Å²) in [5, 5.41) is 12.3. The van der Waals surface area contributed by atoms with Crippen molar-refractivity contribution < 1.29 is 0 Å². The minimum absolute atomic E-state index is 0.475. The van der Waals surface area contributed by atoms with Crippen LogP contribution in [0.2, 0.25) is 5.02 Å². The predicted octanol–water partition coefficient (Wildman–Crippen LogP) is 3.70. The fourth-order valence-corrected chi connectivity index (χ4v) is 4.83. The van der Waals surface area contributed by atoms with Gasteiger partial charge in [0, 0.05) is 36.1 Å². The zero-order chi connectivity index (χ0) is 18.4. The van der Waals surface area contributed by atoms with Gasteiger partial charge in [-0.3, -0.25) is 0 Å². The summed E-state index contributed by atoms with van der Waals surface area (Å²) in [5.41, 5.74) is 3.07. The summed E-state index contributed by atoms with van der Waals surface area (Å²) in [6, 6.07) is 4.88. The van der Waals surface area contributed by atoms with E-state index < -0.39 is 0 Å². The molecular formula is C20H21ClN6. The van der Waals surface area contributed by atoms with Gasteiger partial charge < -0.3 is 14.8 Å². The smallest absolute Gasteiger partial charge is 0.164 e. The maximum Gasteiger partial charge on any atom is 0.164 e. The minimum atomic E-state index is 0.475. The molecule has 2 aliphatic heterocycles. The number of likely N-dealkylation sites (tertiary alicyclic amines) is 1. The van der Waals surface area contributed by atoms with Gasteiger partial charge in [0.2, 0.25) is 0 Å². The van der Waals surface area contributed by atoms with Crippen molar-refractivity contribution in [2.75, 3.05) is 31.1 Å². The molecule has 2 saturated heterocycles. The molecule has 3 aromatic rings. The van der Waals surface area contributed by atoms with Gasteiger partial charge in [-0.1, -0.05) is 11.6 Å². The second-order valence-electron chi connectivity index (χ2n) is 7.49. The number of pyridine rings is 2. The van der Waals surface area contributed by atoms with E-state index in [9.17, 15) is 5.26 Å². The fourth-order valence-electron chi connectivity index (χ4n) is 4.68. The molecule has 5 heterocycles. The van der Waals surface area contributed by atoms with Gasteiger partial charge in [-0.25, -0.2) is 9.97 Å². The van der Waals surface area contributed by atoms with Crippen molar-refractivity contribution in [1.82, 2.24) is 19.9 Å². The second-order valence-corrected chi connectivity index (χ2v) is 7.93. The number of hydrogen-bond acceptors (Lipinski definition) is 5. The molecule has 27 heavy (non-hydrogen) atoms. The van der Waals surface area contributed by atoms with Crippen LogP contribution in [-0.2, 0) is 0 Å². The number of nitrogens with zero attached hydrogens (tertiary/aromatic N) is 5. The summed E-state index contributed by atoms with van der Waals surface area (Å²) >= 11 is 6.20. The molecule has 0 unspecified atom stereocenters. The number of rotatable bonds is 2. The van der Waals surface area contributed by atoms with Gasteiger partial charge in [0.1, 0.15) is 11.7 Å². The molecule has 0 radical (unpaired) electrons. The van der Waals surface area contributed by atoms with Crippen molar-refractivity contribution in [3.63, 3.8) is 0 Å². The van der Waals surface area contributed by atoms with E-state index in [2.05, 4.69) is 30.8 Å². The van der Waals surface area contributed by atoms with Gasteiger partial charge in [-0.05, 0) is 44.8 Å². The highest BCUT2D eigenvalue weighted by molar-refractivity contribution is 6.31. The molecule has 0 saturated carbocycles. The number of nitriles is 1. The van der Waals surface area contributed by atoms with Gasteiger partial charge in [0.15, 0.2) is 5.69 Å². The first-order chi connectivity index (χ1) is 13.2. The third-order valence-electron chi connectivity index (χ3n) is 5.97. The second kappa shape index (κ2) is 6.66. The number of anilines is 1. The lowest BCUT2D eigenvalue weighted by atomic mass is 10.0. The number of aromatic nitrogens is 3. The van der Waals surface area contributed by atoms with Crippen LogP contribution in [-0.4, -0.2) is 52.1 Å². The van der Waals surface area contributed by atoms with Crippen LogP contribution in [0, 0.1) is 11.3 Å². The number of fused-ring (bicyclic) bond motifs is 3. The molecule has 0 aliphatic carbocycles. The van der Waals surface area contributed by atoms with Crippen LogP contribution < -0.4 is 4.90 Å². The van der Waals surface area contributed by atoms with E-state index in [0.29, 0.717) is 16.8 Å². The summed E-state index contributed by atoms with van der Waals surface area (Å²) in [4.78, 5) is 17.1. The van der Waals surface area contributed by atoms with E-state index in [-0.39, 0.29) is 0 Å². The Labute approximate surface area is 162 Å². The van der Waals surface area contributed by atoms with Crippen molar-refractivity contribution in [3.05, 3.63) is 29.2 Å². The lowest BCUT2D eigenvalue weighted by Crippen LogP contribution is -2.44. The molecule has 2 aliphatic rings. The average molecular weight is 381 g/mol. The summed E-state index contributed by atoms with van der Waals surface area (Å²) < 4.78 is 0. The topological polar surface area (TPSA) is 71.8 Å². The Morgan fingerprint density at radius 1 is 1.11 bits per heavy atom. The van der Waals surface area contributed by atoms with Crippen molar-refractivity contribution in [3.8, 4) is 6.07 Å². The molecule has 3 aromatic heterocycles. The number of nitrogens with one attached hydrogen (secondary N) is 1. The largest absolute Gasteiger partial charge is 0.368 e. The summed E-state index contributed by atoms with van der Waals surface area (Å²) in [7, 11) is 0. The highest BCUT2D eigenvalue weighted by Gasteiger charge is 2.29. The first kappa shape index (κ1) is 16.8. The maximum absolute atomic E-state index is 9.70. The average Bonchev–Trinajstić information content (AvgIpc) is 3.35. The van der Waals surface area contributed by atoms with Crippen LogP contribution in [0.25, 0.3) is 21.9 Å². The molecule has 0 atom stereocenters. The number of H-pyrrole nitrogens is 1. The Kier molecular flexibility index (Phi) is 4.14. The van der Waals surface area contributed by atoms with Crippen LogP contribution in [0.15, 0.2) is 18.5 Å². The van der Waals surface area contributed by atoms with E-state index >= 15 is 0 Å². The van der Waals surface area contributed by atoms with E-state index in [0.717, 1.165) is 53.6 Å². The SMILES string of the molecule is N#Cc1ncc2[nH]c3ncc(Cl)cc3c2c1N1CCC(N2CCCC2)CC1. The highest BCUT2D eigenvalue weighted by Crippen LogP contribution is 2.37. The first-order valence-electron chi connectivity index (χ1n) is 9.59. The Hall–Kier alpha value is -2.36. The molecule has 7 heteroatoms. The normalized spacial score (nSPS) is 19.2. The number of piperidine rings is 1. The third-order valence-corrected chi connectivity index (χ3v) is 6.18. The third kappa shape index (κ3) is 2.82. The maximum atomic E-state index is 9.70. The predicted molar refractivity (Wildman–Crippen MR) is 107 cm³/mol. The Morgan fingerprint density at radius 2 is 1.89 bits per heavy atom. The summed E-state index contributed by atoms with van der Waals surface area (Å²) in [5.74, 6) is 0. The van der Waals surface area contributed by atoms with E-state index in [1.807, 2.05) is 6.07 Å². The molecule has 1 N–H and O–H groups in total. The zero-order valence-corrected chi connectivity index (χ0v) is 15.8. The molecule has 0 amide bonds. The minimum Gasteiger partial charge on any atom is -0.368 e. The lowest BCUT2D eigenvalue weighted by Gasteiger charge is -2.38. The Morgan fingerprint density at radius 3 is 2.63 bits per heavy atom. The van der Waals surface area contributed by atoms with Crippen molar-refractivity contribution in [2.45, 2.75) is 31.7 Å². The molecule has 0 spiro atoms. The van der Waals surface area contributed by atoms with Crippen molar-refractivity contribution in [2.24, 2.45) is 0 Å². The molecule has 6 nitrogen and oxygen atoms in total. The highest BCUT2D eigenvalue weighted by atomic mass is 35.5. The summed E-state index contributed by atoms with van der Waals surface area (Å²) in [6.45, 7) is 4.35. The molecule has 2 fully saturated rings. The van der Waals surface area contributed by atoms with Gasteiger partial charge >= 0.3 is 0 Å². The van der Waals surface area contributed by atoms with E-state index in [4.69, 9.17) is 11.6 Å². The van der Waals surface area contributed by atoms with Crippen LogP contribution in [0.5, 0.6) is 0 Å². The number of aromatic amines is 1. The number of halogens is 1. The molecule has 0 aromatic carbocycles.